The zero-order chi connectivity index (χ0) is 36.1. The van der Waals surface area contributed by atoms with E-state index in [1.807, 2.05) is 6.07 Å². The van der Waals surface area contributed by atoms with Crippen LogP contribution in [0.3, 0.4) is 0 Å². The van der Waals surface area contributed by atoms with Crippen molar-refractivity contribution in [2.75, 3.05) is 0 Å². The summed E-state index contributed by atoms with van der Waals surface area (Å²) < 4.78 is 13.0. The molecular formula is C53H32O2. The number of fused-ring (bicyclic) bond motifs is 9. The fraction of sp³-hybridized carbons (Fsp3) is 0.0189. The molecule has 0 unspecified atom stereocenters. The molecule has 0 spiro atoms. The molecular weight excluding hydrogens is 669 g/mol. The molecule has 11 aromatic rings. The topological polar surface area (TPSA) is 26.3 Å². The van der Waals surface area contributed by atoms with Crippen LogP contribution in [0.1, 0.15) is 22.3 Å². The van der Waals surface area contributed by atoms with Crippen LogP contribution in [0, 0.1) is 0 Å². The second-order valence-corrected chi connectivity index (χ2v) is 14.7. The summed E-state index contributed by atoms with van der Waals surface area (Å²) in [5.74, 6) is 0. The Hall–Kier alpha value is -7.16. The molecule has 0 radical (unpaired) electrons. The number of furan rings is 2. The van der Waals surface area contributed by atoms with E-state index in [1.54, 1.807) is 6.26 Å². The van der Waals surface area contributed by atoms with Gasteiger partial charge in [0.1, 0.15) is 16.7 Å². The first-order valence-electron chi connectivity index (χ1n) is 18.9. The fourth-order valence-corrected chi connectivity index (χ4v) is 9.85. The summed E-state index contributed by atoms with van der Waals surface area (Å²) in [5, 5.41) is 8.12. The third kappa shape index (κ3) is 4.08. The quantitative estimate of drug-likeness (QED) is 0.171. The van der Waals surface area contributed by atoms with Gasteiger partial charge in [0.25, 0.3) is 0 Å². The molecule has 55 heavy (non-hydrogen) atoms. The van der Waals surface area contributed by atoms with Crippen LogP contribution in [0.2, 0.25) is 0 Å². The average Bonchev–Trinajstić information content (AvgIpc) is 3.96. The Morgan fingerprint density at radius 2 is 0.873 bits per heavy atom. The van der Waals surface area contributed by atoms with Crippen molar-refractivity contribution < 1.29 is 8.83 Å². The predicted octanol–water partition coefficient (Wildman–Crippen LogP) is 14.3. The summed E-state index contributed by atoms with van der Waals surface area (Å²) in [5.41, 5.74) is 14.4. The maximum Gasteiger partial charge on any atom is 0.143 e. The molecule has 2 nitrogen and oxygen atoms in total. The molecule has 0 saturated carbocycles. The number of benzene rings is 9. The van der Waals surface area contributed by atoms with E-state index in [1.165, 1.54) is 71.6 Å². The van der Waals surface area contributed by atoms with Gasteiger partial charge < -0.3 is 8.83 Å². The smallest absolute Gasteiger partial charge is 0.143 e. The first-order chi connectivity index (χ1) is 27.3. The first-order valence-corrected chi connectivity index (χ1v) is 18.9. The van der Waals surface area contributed by atoms with Crippen molar-refractivity contribution in [2.24, 2.45) is 0 Å². The molecule has 256 valence electrons. The second-order valence-electron chi connectivity index (χ2n) is 14.7. The van der Waals surface area contributed by atoms with Gasteiger partial charge in [-0.1, -0.05) is 164 Å². The van der Waals surface area contributed by atoms with Crippen LogP contribution < -0.4 is 0 Å². The number of hydrogen-bond donors (Lipinski definition) is 0. The summed E-state index contributed by atoms with van der Waals surface area (Å²) in [6.07, 6.45) is 1.79. The van der Waals surface area contributed by atoms with Crippen LogP contribution in [-0.2, 0) is 5.41 Å². The van der Waals surface area contributed by atoms with Crippen molar-refractivity contribution in [3.8, 4) is 33.4 Å². The maximum absolute atomic E-state index is 7.11. The molecule has 1 aliphatic carbocycles. The third-order valence-electron chi connectivity index (χ3n) is 12.0. The van der Waals surface area contributed by atoms with Crippen molar-refractivity contribution >= 4 is 54.5 Å². The number of hydrogen-bond acceptors (Lipinski definition) is 2. The van der Waals surface area contributed by atoms with Crippen molar-refractivity contribution in [1.82, 2.24) is 0 Å². The summed E-state index contributed by atoms with van der Waals surface area (Å²) in [7, 11) is 0. The Labute approximate surface area is 317 Å². The van der Waals surface area contributed by atoms with Gasteiger partial charge in [-0.15, -0.1) is 0 Å². The molecule has 2 heterocycles. The van der Waals surface area contributed by atoms with Gasteiger partial charge in [-0.2, -0.15) is 0 Å². The van der Waals surface area contributed by atoms with Crippen LogP contribution in [0.4, 0.5) is 0 Å². The highest BCUT2D eigenvalue weighted by Crippen LogP contribution is 2.58. The van der Waals surface area contributed by atoms with Gasteiger partial charge in [-0.05, 0) is 90.3 Å². The monoisotopic (exact) mass is 700 g/mol. The molecule has 2 aromatic heterocycles. The molecule has 2 heteroatoms. The van der Waals surface area contributed by atoms with Crippen molar-refractivity contribution in [2.45, 2.75) is 5.41 Å². The SMILES string of the molecule is c1ccc(C2(c3ccccc3)c3ccccc3-c3cc4oc5c(-c6c7ccccc7c(-c7cccc8occc78)c7ccccc67)cccc5c4cc32)cc1. The minimum atomic E-state index is -0.482. The van der Waals surface area contributed by atoms with E-state index in [-0.39, 0.29) is 0 Å². The zero-order valence-electron chi connectivity index (χ0n) is 29.8. The van der Waals surface area contributed by atoms with E-state index < -0.39 is 5.41 Å². The Balaban J connectivity index is 1.17. The molecule has 0 N–H and O–H groups in total. The lowest BCUT2D eigenvalue weighted by atomic mass is 9.67. The van der Waals surface area contributed by atoms with Crippen molar-refractivity contribution in [1.29, 1.82) is 0 Å². The highest BCUT2D eigenvalue weighted by molar-refractivity contribution is 6.25. The first kappa shape index (κ1) is 30.3. The largest absolute Gasteiger partial charge is 0.464 e. The maximum atomic E-state index is 7.11. The molecule has 1 aliphatic rings. The van der Waals surface area contributed by atoms with E-state index in [2.05, 4.69) is 182 Å². The van der Waals surface area contributed by atoms with Crippen LogP contribution in [0.15, 0.2) is 203 Å². The normalized spacial score (nSPS) is 13.2. The minimum absolute atomic E-state index is 0.482. The molecule has 0 fully saturated rings. The Kier molecular flexibility index (Phi) is 6.29. The highest BCUT2D eigenvalue weighted by Gasteiger charge is 2.46. The number of para-hydroxylation sites is 1. The molecule has 9 aromatic carbocycles. The van der Waals surface area contributed by atoms with Gasteiger partial charge in [0, 0.05) is 27.3 Å². The van der Waals surface area contributed by atoms with Gasteiger partial charge in [-0.3, -0.25) is 0 Å². The van der Waals surface area contributed by atoms with E-state index in [0.29, 0.717) is 0 Å². The molecule has 0 atom stereocenters. The second kappa shape index (κ2) is 11.4. The van der Waals surface area contributed by atoms with Crippen LogP contribution in [0.25, 0.3) is 87.8 Å². The fourth-order valence-electron chi connectivity index (χ4n) is 9.85. The van der Waals surface area contributed by atoms with Gasteiger partial charge in [0.05, 0.1) is 11.7 Å². The van der Waals surface area contributed by atoms with Crippen LogP contribution in [0.5, 0.6) is 0 Å². The molecule has 0 bridgehead atoms. The summed E-state index contributed by atoms with van der Waals surface area (Å²) in [4.78, 5) is 0. The minimum Gasteiger partial charge on any atom is -0.464 e. The summed E-state index contributed by atoms with van der Waals surface area (Å²) in [6, 6.07) is 68.3. The van der Waals surface area contributed by atoms with Gasteiger partial charge >= 0.3 is 0 Å². The van der Waals surface area contributed by atoms with Gasteiger partial charge in [-0.25, -0.2) is 0 Å². The molecule has 12 rings (SSSR count). The Bertz CT molecular complexity index is 3210. The van der Waals surface area contributed by atoms with E-state index in [0.717, 1.165) is 38.5 Å². The summed E-state index contributed by atoms with van der Waals surface area (Å²) >= 11 is 0. The summed E-state index contributed by atoms with van der Waals surface area (Å²) in [6.45, 7) is 0. The molecule has 0 saturated heterocycles. The van der Waals surface area contributed by atoms with E-state index >= 15 is 0 Å². The Morgan fingerprint density at radius 1 is 0.327 bits per heavy atom. The van der Waals surface area contributed by atoms with Crippen molar-refractivity contribution in [3.05, 3.63) is 217 Å². The van der Waals surface area contributed by atoms with Gasteiger partial charge in [0.2, 0.25) is 0 Å². The predicted molar refractivity (Wildman–Crippen MR) is 227 cm³/mol. The lowest BCUT2D eigenvalue weighted by molar-refractivity contribution is 0.616. The van der Waals surface area contributed by atoms with Crippen LogP contribution in [-0.4, -0.2) is 0 Å². The van der Waals surface area contributed by atoms with Crippen LogP contribution >= 0.6 is 0 Å². The zero-order valence-corrected chi connectivity index (χ0v) is 29.8. The highest BCUT2D eigenvalue weighted by atomic mass is 16.3. The third-order valence-corrected chi connectivity index (χ3v) is 12.0. The molecule has 0 aliphatic heterocycles. The van der Waals surface area contributed by atoms with Gasteiger partial charge in [0.15, 0.2) is 0 Å². The Morgan fingerprint density at radius 3 is 1.56 bits per heavy atom. The lowest BCUT2D eigenvalue weighted by Gasteiger charge is -2.33. The van der Waals surface area contributed by atoms with Crippen molar-refractivity contribution in [3.63, 3.8) is 0 Å². The average molecular weight is 701 g/mol. The standard InChI is InChI=1S/C53H32O2/c1-3-15-33(16-4-1)53(34-17-5-2-6-18-34)46-27-12-11-19-35(46)44-32-49-45(31-47(44)53)42-25-13-26-43(52(42)55-49)51-40-22-9-7-20-38(40)50(39-21-8-10-23-41(39)51)37-24-14-28-48-36(37)29-30-54-48/h1-32H. The lowest BCUT2D eigenvalue weighted by Crippen LogP contribution is -2.28. The molecule has 0 amide bonds. The van der Waals surface area contributed by atoms with E-state index in [9.17, 15) is 0 Å². The van der Waals surface area contributed by atoms with E-state index in [4.69, 9.17) is 8.83 Å². The number of rotatable bonds is 4.